The van der Waals surface area contributed by atoms with E-state index in [1.165, 1.54) is 11.9 Å². The lowest BCUT2D eigenvalue weighted by Gasteiger charge is -2.13. The van der Waals surface area contributed by atoms with Crippen molar-refractivity contribution < 1.29 is 4.79 Å². The fourth-order valence-corrected chi connectivity index (χ4v) is 1.82. The highest BCUT2D eigenvalue weighted by atomic mass is 16.1. The van der Waals surface area contributed by atoms with Crippen LogP contribution < -0.4 is 5.32 Å². The van der Waals surface area contributed by atoms with E-state index in [9.17, 15) is 4.79 Å². The van der Waals surface area contributed by atoms with Crippen LogP contribution in [-0.4, -0.2) is 27.2 Å². The van der Waals surface area contributed by atoms with Crippen LogP contribution in [0.2, 0.25) is 0 Å². The van der Waals surface area contributed by atoms with Crippen LogP contribution >= 0.6 is 0 Å². The Kier molecular flexibility index (Phi) is 4.66. The van der Waals surface area contributed by atoms with Gasteiger partial charge in [0.1, 0.15) is 12.7 Å². The quantitative estimate of drug-likeness (QED) is 0.856. The Morgan fingerprint density at radius 1 is 1.37 bits per heavy atom. The molecule has 0 spiro atoms. The van der Waals surface area contributed by atoms with E-state index >= 15 is 0 Å². The number of carbonyl (C=O) groups is 1. The molecule has 0 aliphatic carbocycles. The van der Waals surface area contributed by atoms with Gasteiger partial charge in [-0.3, -0.25) is 9.48 Å². The zero-order valence-electron chi connectivity index (χ0n) is 11.0. The highest BCUT2D eigenvalue weighted by Crippen LogP contribution is 2.12. The Bertz CT molecular complexity index is 495. The zero-order chi connectivity index (χ0) is 13.5. The van der Waals surface area contributed by atoms with Gasteiger partial charge in [0, 0.05) is 13.0 Å². The Hall–Kier alpha value is -2.17. The minimum Gasteiger partial charge on any atom is -0.355 e. The fourth-order valence-electron chi connectivity index (χ4n) is 1.82. The molecule has 0 aliphatic heterocycles. The van der Waals surface area contributed by atoms with Crippen molar-refractivity contribution in [2.45, 2.75) is 25.8 Å². The molecule has 1 amide bonds. The molecule has 1 heterocycles. The first-order valence-corrected chi connectivity index (χ1v) is 6.40. The smallest absolute Gasteiger partial charge is 0.221 e. The summed E-state index contributed by atoms with van der Waals surface area (Å²) in [5.41, 5.74) is 1.24. The maximum absolute atomic E-state index is 11.7. The molecule has 1 aromatic carbocycles. The second kappa shape index (κ2) is 6.68. The van der Waals surface area contributed by atoms with Gasteiger partial charge >= 0.3 is 0 Å². The number of hydrogen-bond donors (Lipinski definition) is 1. The van der Waals surface area contributed by atoms with Gasteiger partial charge in [0.15, 0.2) is 0 Å². The standard InChI is InChI=1S/C14H18N4O/c1-12(13-5-3-2-4-6-13)9-16-14(19)7-8-18-11-15-10-17-18/h2-6,10-12H,7-9H2,1H3,(H,16,19). The second-order valence-corrected chi connectivity index (χ2v) is 4.52. The molecular weight excluding hydrogens is 240 g/mol. The fraction of sp³-hybridized carbons (Fsp3) is 0.357. The van der Waals surface area contributed by atoms with Crippen molar-refractivity contribution in [1.29, 1.82) is 0 Å². The molecule has 0 fully saturated rings. The van der Waals surface area contributed by atoms with Gasteiger partial charge in [0.2, 0.25) is 5.91 Å². The lowest BCUT2D eigenvalue weighted by molar-refractivity contribution is -0.121. The molecule has 1 unspecified atom stereocenters. The summed E-state index contributed by atoms with van der Waals surface area (Å²) in [6.07, 6.45) is 3.50. The van der Waals surface area contributed by atoms with Crippen LogP contribution in [0.5, 0.6) is 0 Å². The minimum absolute atomic E-state index is 0.0401. The summed E-state index contributed by atoms with van der Waals surface area (Å²) in [6.45, 7) is 3.32. The highest BCUT2D eigenvalue weighted by molar-refractivity contribution is 5.75. The van der Waals surface area contributed by atoms with Crippen molar-refractivity contribution in [3.05, 3.63) is 48.5 Å². The maximum Gasteiger partial charge on any atom is 0.221 e. The Morgan fingerprint density at radius 2 is 2.16 bits per heavy atom. The third-order valence-electron chi connectivity index (χ3n) is 3.01. The Labute approximate surface area is 112 Å². The summed E-state index contributed by atoms with van der Waals surface area (Å²) in [7, 11) is 0. The first-order valence-electron chi connectivity index (χ1n) is 6.40. The predicted octanol–water partition coefficient (Wildman–Crippen LogP) is 1.59. The summed E-state index contributed by atoms with van der Waals surface area (Å²) in [5, 5.41) is 6.90. The van der Waals surface area contributed by atoms with E-state index in [0.717, 1.165) is 0 Å². The minimum atomic E-state index is 0.0401. The van der Waals surface area contributed by atoms with E-state index < -0.39 is 0 Å². The van der Waals surface area contributed by atoms with E-state index in [0.29, 0.717) is 25.4 Å². The van der Waals surface area contributed by atoms with Gasteiger partial charge < -0.3 is 5.32 Å². The number of carbonyl (C=O) groups excluding carboxylic acids is 1. The van der Waals surface area contributed by atoms with Crippen LogP contribution in [0.3, 0.4) is 0 Å². The van der Waals surface area contributed by atoms with Crippen molar-refractivity contribution in [3.63, 3.8) is 0 Å². The molecule has 1 aromatic heterocycles. The average molecular weight is 258 g/mol. The van der Waals surface area contributed by atoms with E-state index in [1.807, 2.05) is 18.2 Å². The SMILES string of the molecule is CC(CNC(=O)CCn1cncn1)c1ccccc1. The first-order chi connectivity index (χ1) is 9.25. The number of nitrogens with zero attached hydrogens (tertiary/aromatic N) is 3. The summed E-state index contributed by atoms with van der Waals surface area (Å²) < 4.78 is 1.65. The van der Waals surface area contributed by atoms with Crippen molar-refractivity contribution in [1.82, 2.24) is 20.1 Å². The second-order valence-electron chi connectivity index (χ2n) is 4.52. The van der Waals surface area contributed by atoms with Crippen LogP contribution in [0.15, 0.2) is 43.0 Å². The lowest BCUT2D eigenvalue weighted by Crippen LogP contribution is -2.28. The summed E-state index contributed by atoms with van der Waals surface area (Å²) in [5.74, 6) is 0.356. The molecule has 0 saturated heterocycles. The number of aromatic nitrogens is 3. The summed E-state index contributed by atoms with van der Waals surface area (Å²) >= 11 is 0. The van der Waals surface area contributed by atoms with E-state index in [-0.39, 0.29) is 5.91 Å². The van der Waals surface area contributed by atoms with Gasteiger partial charge in [0.05, 0.1) is 6.54 Å². The zero-order valence-corrected chi connectivity index (χ0v) is 11.0. The molecule has 1 N–H and O–H groups in total. The van der Waals surface area contributed by atoms with Gasteiger partial charge in [-0.1, -0.05) is 37.3 Å². The van der Waals surface area contributed by atoms with Gasteiger partial charge in [-0.15, -0.1) is 0 Å². The molecule has 1 atom stereocenters. The number of nitrogens with one attached hydrogen (secondary N) is 1. The lowest BCUT2D eigenvalue weighted by atomic mass is 10.0. The molecule has 0 radical (unpaired) electrons. The van der Waals surface area contributed by atoms with Crippen LogP contribution in [0.1, 0.15) is 24.8 Å². The maximum atomic E-state index is 11.7. The molecule has 2 rings (SSSR count). The third-order valence-corrected chi connectivity index (χ3v) is 3.01. The van der Waals surface area contributed by atoms with E-state index in [4.69, 9.17) is 0 Å². The van der Waals surface area contributed by atoms with Gasteiger partial charge in [-0.05, 0) is 11.5 Å². The van der Waals surface area contributed by atoms with Crippen LogP contribution in [-0.2, 0) is 11.3 Å². The summed E-state index contributed by atoms with van der Waals surface area (Å²) in [4.78, 5) is 15.5. The van der Waals surface area contributed by atoms with Crippen LogP contribution in [0.4, 0.5) is 0 Å². The third kappa shape index (κ3) is 4.21. The number of hydrogen-bond acceptors (Lipinski definition) is 3. The summed E-state index contributed by atoms with van der Waals surface area (Å²) in [6, 6.07) is 10.2. The monoisotopic (exact) mass is 258 g/mol. The van der Waals surface area contributed by atoms with Gasteiger partial charge in [-0.2, -0.15) is 5.10 Å². The van der Waals surface area contributed by atoms with Gasteiger partial charge in [0.25, 0.3) is 0 Å². The number of aryl methyl sites for hydroxylation is 1. The average Bonchev–Trinajstić information content (AvgIpc) is 2.96. The molecule has 5 nitrogen and oxygen atoms in total. The number of rotatable bonds is 6. The molecule has 0 bridgehead atoms. The Morgan fingerprint density at radius 3 is 2.84 bits per heavy atom. The molecule has 5 heteroatoms. The normalized spacial score (nSPS) is 12.1. The molecule has 2 aromatic rings. The number of benzene rings is 1. The molecule has 0 aliphatic rings. The van der Waals surface area contributed by atoms with Crippen molar-refractivity contribution in [3.8, 4) is 0 Å². The van der Waals surface area contributed by atoms with Crippen molar-refractivity contribution in [2.75, 3.05) is 6.54 Å². The molecule has 19 heavy (non-hydrogen) atoms. The molecular formula is C14H18N4O. The Balaban J connectivity index is 1.71. The largest absolute Gasteiger partial charge is 0.355 e. The predicted molar refractivity (Wildman–Crippen MR) is 72.5 cm³/mol. The van der Waals surface area contributed by atoms with E-state index in [2.05, 4.69) is 34.5 Å². The number of amides is 1. The highest BCUT2D eigenvalue weighted by Gasteiger charge is 2.07. The van der Waals surface area contributed by atoms with Crippen LogP contribution in [0.25, 0.3) is 0 Å². The topological polar surface area (TPSA) is 59.8 Å². The van der Waals surface area contributed by atoms with E-state index in [1.54, 1.807) is 11.0 Å². The molecule has 100 valence electrons. The first kappa shape index (κ1) is 13.3. The van der Waals surface area contributed by atoms with Gasteiger partial charge in [-0.25, -0.2) is 4.98 Å². The van der Waals surface area contributed by atoms with Crippen molar-refractivity contribution in [2.24, 2.45) is 0 Å². The van der Waals surface area contributed by atoms with Crippen LogP contribution in [0, 0.1) is 0 Å². The molecule has 0 saturated carbocycles. The van der Waals surface area contributed by atoms with Crippen molar-refractivity contribution >= 4 is 5.91 Å².